The minimum absolute atomic E-state index is 0.237. The van der Waals surface area contributed by atoms with Crippen LogP contribution in [0.2, 0.25) is 0 Å². The van der Waals surface area contributed by atoms with Gasteiger partial charge in [-0.05, 0) is 55.3 Å². The van der Waals surface area contributed by atoms with Gasteiger partial charge in [-0.15, -0.1) is 0 Å². The second-order valence-electron chi connectivity index (χ2n) is 4.91. The van der Waals surface area contributed by atoms with Crippen LogP contribution in [0, 0.1) is 12.3 Å². The van der Waals surface area contributed by atoms with Crippen LogP contribution in [0.25, 0.3) is 0 Å². The molecule has 20 heavy (non-hydrogen) atoms. The number of carbonyl (C=O) groups excluding carboxylic acids is 2. The molecule has 1 aromatic carbocycles. The van der Waals surface area contributed by atoms with Gasteiger partial charge >= 0.3 is 5.97 Å². The standard InChI is InChI=1S/C15H19BrO4/c1-5-19-14(18)15(3,4)12(17)13(16)20-11-9-7-6-8-10(11)2/h6-9,13H,5H2,1-4H3. The molecule has 1 unspecified atom stereocenters. The van der Waals surface area contributed by atoms with E-state index in [9.17, 15) is 9.59 Å². The molecule has 0 saturated heterocycles. The van der Waals surface area contributed by atoms with Crippen molar-refractivity contribution in [3.63, 3.8) is 0 Å². The van der Waals surface area contributed by atoms with E-state index in [-0.39, 0.29) is 12.4 Å². The lowest BCUT2D eigenvalue weighted by Gasteiger charge is -2.24. The molecule has 0 N–H and O–H groups in total. The minimum Gasteiger partial charge on any atom is -0.471 e. The number of para-hydroxylation sites is 1. The third kappa shape index (κ3) is 3.82. The van der Waals surface area contributed by atoms with Gasteiger partial charge in [0, 0.05) is 0 Å². The molecule has 0 aromatic heterocycles. The molecule has 110 valence electrons. The highest BCUT2D eigenvalue weighted by atomic mass is 79.9. The number of ketones is 1. The van der Waals surface area contributed by atoms with Crippen LogP contribution in [0.1, 0.15) is 26.3 Å². The van der Waals surface area contributed by atoms with Crippen LogP contribution in [0.15, 0.2) is 24.3 Å². The number of halogens is 1. The first-order valence-corrected chi connectivity index (χ1v) is 7.30. The van der Waals surface area contributed by atoms with Crippen LogP contribution in [-0.2, 0) is 14.3 Å². The van der Waals surface area contributed by atoms with Crippen LogP contribution in [0.3, 0.4) is 0 Å². The summed E-state index contributed by atoms with van der Waals surface area (Å²) in [5.74, 6) is -0.329. The summed E-state index contributed by atoms with van der Waals surface area (Å²) in [4.78, 5) is 24.1. The van der Waals surface area contributed by atoms with Crippen molar-refractivity contribution in [2.24, 2.45) is 5.41 Å². The Labute approximate surface area is 127 Å². The first-order chi connectivity index (χ1) is 9.30. The normalized spacial score (nSPS) is 12.7. The van der Waals surface area contributed by atoms with Gasteiger partial charge in [-0.2, -0.15) is 0 Å². The van der Waals surface area contributed by atoms with Crippen LogP contribution in [-0.4, -0.2) is 23.4 Å². The van der Waals surface area contributed by atoms with Gasteiger partial charge in [-0.25, -0.2) is 0 Å². The largest absolute Gasteiger partial charge is 0.471 e. The van der Waals surface area contributed by atoms with E-state index >= 15 is 0 Å². The molecule has 5 heteroatoms. The van der Waals surface area contributed by atoms with Gasteiger partial charge in [-0.1, -0.05) is 18.2 Å². The average molecular weight is 343 g/mol. The zero-order chi connectivity index (χ0) is 15.3. The van der Waals surface area contributed by atoms with E-state index in [1.54, 1.807) is 13.0 Å². The highest BCUT2D eigenvalue weighted by molar-refractivity contribution is 9.09. The Morgan fingerprint density at radius 2 is 1.90 bits per heavy atom. The van der Waals surface area contributed by atoms with E-state index < -0.39 is 16.4 Å². The third-order valence-corrected chi connectivity index (χ3v) is 3.53. The molecule has 1 atom stereocenters. The molecule has 0 heterocycles. The summed E-state index contributed by atoms with van der Waals surface area (Å²) in [7, 11) is 0. The van der Waals surface area contributed by atoms with E-state index in [1.165, 1.54) is 13.8 Å². The van der Waals surface area contributed by atoms with Crippen molar-refractivity contribution in [3.05, 3.63) is 29.8 Å². The highest BCUT2D eigenvalue weighted by Gasteiger charge is 2.41. The Hall–Kier alpha value is -1.36. The highest BCUT2D eigenvalue weighted by Crippen LogP contribution is 2.27. The van der Waals surface area contributed by atoms with Gasteiger partial charge < -0.3 is 9.47 Å². The number of hydrogen-bond donors (Lipinski definition) is 0. The molecule has 0 aliphatic rings. The number of carbonyl (C=O) groups is 2. The number of Topliss-reactive ketones (excluding diaryl/α,β-unsaturated/α-hetero) is 1. The maximum Gasteiger partial charge on any atom is 0.319 e. The summed E-state index contributed by atoms with van der Waals surface area (Å²) >= 11 is 3.19. The summed E-state index contributed by atoms with van der Waals surface area (Å²) in [5, 5.41) is -0.900. The Balaban J connectivity index is 2.82. The molecule has 0 aliphatic heterocycles. The van der Waals surface area contributed by atoms with Crippen molar-refractivity contribution < 1.29 is 19.1 Å². The van der Waals surface area contributed by atoms with Crippen LogP contribution in [0.5, 0.6) is 5.75 Å². The summed E-state index contributed by atoms with van der Waals surface area (Å²) in [6.07, 6.45) is 0. The second-order valence-corrected chi connectivity index (χ2v) is 5.74. The molecule has 1 rings (SSSR count). The number of hydrogen-bond acceptors (Lipinski definition) is 4. The SMILES string of the molecule is CCOC(=O)C(C)(C)C(=O)C(Br)Oc1ccccc1C. The molecular weight excluding hydrogens is 324 g/mol. The smallest absolute Gasteiger partial charge is 0.319 e. The van der Waals surface area contributed by atoms with Crippen LogP contribution >= 0.6 is 15.9 Å². The van der Waals surface area contributed by atoms with Crippen LogP contribution in [0.4, 0.5) is 0 Å². The van der Waals surface area contributed by atoms with E-state index in [0.29, 0.717) is 5.75 Å². The Bertz CT molecular complexity index is 496. The van der Waals surface area contributed by atoms with Gasteiger partial charge in [0.15, 0.2) is 0 Å². The Morgan fingerprint density at radius 3 is 2.45 bits per heavy atom. The number of benzene rings is 1. The zero-order valence-electron chi connectivity index (χ0n) is 12.1. The van der Waals surface area contributed by atoms with Crippen molar-refractivity contribution in [2.75, 3.05) is 6.61 Å². The summed E-state index contributed by atoms with van der Waals surface area (Å²) in [6, 6.07) is 7.36. The molecule has 4 nitrogen and oxygen atoms in total. The summed E-state index contributed by atoms with van der Waals surface area (Å²) < 4.78 is 10.5. The quantitative estimate of drug-likeness (QED) is 0.452. The number of aryl methyl sites for hydroxylation is 1. The monoisotopic (exact) mass is 342 g/mol. The molecule has 0 aliphatic carbocycles. The van der Waals surface area contributed by atoms with Gasteiger partial charge in [0.2, 0.25) is 10.8 Å². The van der Waals surface area contributed by atoms with E-state index in [0.717, 1.165) is 5.56 Å². The molecule has 0 saturated carbocycles. The van der Waals surface area contributed by atoms with E-state index in [2.05, 4.69) is 15.9 Å². The maximum atomic E-state index is 12.3. The topological polar surface area (TPSA) is 52.6 Å². The van der Waals surface area contributed by atoms with E-state index in [1.807, 2.05) is 25.1 Å². The minimum atomic E-state index is -1.26. The maximum absolute atomic E-state index is 12.3. The lowest BCUT2D eigenvalue weighted by atomic mass is 9.88. The Kier molecular flexibility index (Phi) is 5.74. The third-order valence-electron chi connectivity index (χ3n) is 2.93. The van der Waals surface area contributed by atoms with Crippen molar-refractivity contribution in [3.8, 4) is 5.75 Å². The summed E-state index contributed by atoms with van der Waals surface area (Å²) in [6.45, 7) is 6.89. The summed E-state index contributed by atoms with van der Waals surface area (Å²) in [5.41, 5.74) is -0.342. The van der Waals surface area contributed by atoms with Gasteiger partial charge in [-0.3, -0.25) is 9.59 Å². The zero-order valence-corrected chi connectivity index (χ0v) is 13.7. The van der Waals surface area contributed by atoms with Gasteiger partial charge in [0.05, 0.1) is 6.61 Å². The fourth-order valence-electron chi connectivity index (χ4n) is 1.55. The van der Waals surface area contributed by atoms with E-state index in [4.69, 9.17) is 9.47 Å². The van der Waals surface area contributed by atoms with Crippen molar-refractivity contribution >= 4 is 27.7 Å². The van der Waals surface area contributed by atoms with Crippen molar-refractivity contribution in [1.82, 2.24) is 0 Å². The molecule has 0 bridgehead atoms. The predicted molar refractivity (Wildman–Crippen MR) is 79.9 cm³/mol. The van der Waals surface area contributed by atoms with Crippen molar-refractivity contribution in [2.45, 2.75) is 32.7 Å². The molecule has 1 aromatic rings. The number of alkyl halides is 1. The molecule has 0 radical (unpaired) electrons. The molecule has 0 fully saturated rings. The Morgan fingerprint density at radius 1 is 1.30 bits per heavy atom. The predicted octanol–water partition coefficient (Wildman–Crippen LogP) is 3.25. The molecular formula is C15H19BrO4. The lowest BCUT2D eigenvalue weighted by Crippen LogP contribution is -2.41. The van der Waals surface area contributed by atoms with Gasteiger partial charge in [0.25, 0.3) is 0 Å². The molecule has 0 spiro atoms. The van der Waals surface area contributed by atoms with Gasteiger partial charge in [0.1, 0.15) is 11.2 Å². The lowest BCUT2D eigenvalue weighted by molar-refractivity contribution is -0.158. The molecule has 0 amide bonds. The van der Waals surface area contributed by atoms with Crippen LogP contribution < -0.4 is 4.74 Å². The fourth-order valence-corrected chi connectivity index (χ4v) is 2.32. The number of esters is 1. The second kappa shape index (κ2) is 6.88. The average Bonchev–Trinajstić information content (AvgIpc) is 2.40. The fraction of sp³-hybridized carbons (Fsp3) is 0.467. The first-order valence-electron chi connectivity index (χ1n) is 6.38. The number of rotatable bonds is 6. The first kappa shape index (κ1) is 16.7. The number of ether oxygens (including phenoxy) is 2. The van der Waals surface area contributed by atoms with Crippen molar-refractivity contribution in [1.29, 1.82) is 0 Å².